The van der Waals surface area contributed by atoms with Crippen LogP contribution in [0, 0.1) is 0 Å². The summed E-state index contributed by atoms with van der Waals surface area (Å²) >= 11 is 5.37. The number of thiocarbonyl (C=S) groups is 1. The molecule has 0 atom stereocenters. The molecule has 6 heteroatoms. The molecule has 2 aliphatic heterocycles. The van der Waals surface area contributed by atoms with Crippen molar-refractivity contribution in [2.75, 3.05) is 11.9 Å². The summed E-state index contributed by atoms with van der Waals surface area (Å²) in [7, 11) is 0. The van der Waals surface area contributed by atoms with Gasteiger partial charge in [-0.05, 0) is 48.5 Å². The minimum Gasteiger partial charge on any atom is -0.362 e. The van der Waals surface area contributed by atoms with Crippen LogP contribution in [0.15, 0.2) is 47.5 Å². The Morgan fingerprint density at radius 1 is 1.19 bits per heavy atom. The van der Waals surface area contributed by atoms with Crippen LogP contribution in [0.25, 0.3) is 0 Å². The summed E-state index contributed by atoms with van der Waals surface area (Å²) in [4.78, 5) is 19.2. The first-order valence-electron chi connectivity index (χ1n) is 9.35. The van der Waals surface area contributed by atoms with E-state index in [1.165, 1.54) is 12.8 Å². The molecule has 0 aliphatic carbocycles. The van der Waals surface area contributed by atoms with E-state index >= 15 is 0 Å². The molecule has 2 N–H and O–H groups in total. The molecule has 2 aromatic rings. The van der Waals surface area contributed by atoms with Gasteiger partial charge in [-0.25, -0.2) is 4.99 Å². The van der Waals surface area contributed by atoms with Crippen LogP contribution >= 0.6 is 12.2 Å². The molecule has 138 valence electrons. The topological polar surface area (TPSA) is 56.7 Å². The maximum atomic E-state index is 12.7. The monoisotopic (exact) mass is 378 g/mol. The lowest BCUT2D eigenvalue weighted by molar-refractivity contribution is 0.0852. The van der Waals surface area contributed by atoms with Gasteiger partial charge >= 0.3 is 0 Å². The fraction of sp³-hybridized carbons (Fsp3) is 0.286. The van der Waals surface area contributed by atoms with Crippen LogP contribution < -0.4 is 10.6 Å². The van der Waals surface area contributed by atoms with Gasteiger partial charge in [-0.1, -0.05) is 38.0 Å². The molecular weight excluding hydrogens is 356 g/mol. The van der Waals surface area contributed by atoms with Gasteiger partial charge in [-0.2, -0.15) is 0 Å². The van der Waals surface area contributed by atoms with Crippen molar-refractivity contribution in [3.05, 3.63) is 59.2 Å². The molecule has 1 amide bonds. The number of nitrogens with zero attached hydrogens (tertiary/aromatic N) is 2. The summed E-state index contributed by atoms with van der Waals surface area (Å²) in [5.74, 6) is 0.762. The van der Waals surface area contributed by atoms with Crippen molar-refractivity contribution in [1.29, 1.82) is 0 Å². The number of amides is 1. The van der Waals surface area contributed by atoms with Crippen molar-refractivity contribution in [2.45, 2.75) is 32.7 Å². The van der Waals surface area contributed by atoms with Crippen LogP contribution in [-0.4, -0.2) is 28.3 Å². The summed E-state index contributed by atoms with van der Waals surface area (Å²) in [6.07, 6.45) is 3.49. The number of rotatable bonds is 5. The number of fused-ring (bicyclic) bond motifs is 4. The number of anilines is 1. The van der Waals surface area contributed by atoms with Crippen molar-refractivity contribution in [1.82, 2.24) is 10.2 Å². The minimum absolute atomic E-state index is 0.0153. The molecular formula is C21H22N4OS. The summed E-state index contributed by atoms with van der Waals surface area (Å²) in [5, 5.41) is 7.08. The molecule has 0 aromatic heterocycles. The Labute approximate surface area is 164 Å². The van der Waals surface area contributed by atoms with Crippen LogP contribution in [0.5, 0.6) is 0 Å². The molecule has 2 heterocycles. The summed E-state index contributed by atoms with van der Waals surface area (Å²) in [6.45, 7) is 3.58. The Balaban J connectivity index is 1.50. The maximum Gasteiger partial charge on any atom is 0.260 e. The summed E-state index contributed by atoms with van der Waals surface area (Å²) in [5.41, 5.74) is 4.45. The Morgan fingerprint density at radius 3 is 2.81 bits per heavy atom. The highest BCUT2D eigenvalue weighted by Crippen LogP contribution is 2.35. The Morgan fingerprint density at radius 2 is 2.00 bits per heavy atom. The number of carbonyl (C=O) groups is 1. The predicted octanol–water partition coefficient (Wildman–Crippen LogP) is 4.21. The summed E-state index contributed by atoms with van der Waals surface area (Å²) < 4.78 is 0. The van der Waals surface area contributed by atoms with Crippen LogP contribution in [0.1, 0.15) is 47.7 Å². The molecule has 0 unspecified atom stereocenters. The van der Waals surface area contributed by atoms with E-state index in [0.717, 1.165) is 46.9 Å². The number of nitrogens with one attached hydrogen (secondary N) is 2. The van der Waals surface area contributed by atoms with E-state index in [0.29, 0.717) is 11.7 Å². The van der Waals surface area contributed by atoms with Crippen molar-refractivity contribution in [2.24, 2.45) is 4.99 Å². The van der Waals surface area contributed by atoms with Crippen molar-refractivity contribution < 1.29 is 4.79 Å². The minimum atomic E-state index is 0.0153. The molecule has 2 aromatic carbocycles. The quantitative estimate of drug-likeness (QED) is 0.604. The fourth-order valence-corrected chi connectivity index (χ4v) is 3.67. The zero-order valence-corrected chi connectivity index (χ0v) is 16.1. The average molecular weight is 379 g/mol. The van der Waals surface area contributed by atoms with Crippen LogP contribution in [0.3, 0.4) is 0 Å². The van der Waals surface area contributed by atoms with Gasteiger partial charge in [0.15, 0.2) is 5.11 Å². The molecule has 2 aliphatic rings. The van der Waals surface area contributed by atoms with Crippen LogP contribution in [0.4, 0.5) is 11.4 Å². The smallest absolute Gasteiger partial charge is 0.260 e. The Bertz CT molecular complexity index is 938. The normalized spacial score (nSPS) is 14.2. The second-order valence-electron chi connectivity index (χ2n) is 6.80. The highest BCUT2D eigenvalue weighted by atomic mass is 32.1. The van der Waals surface area contributed by atoms with E-state index in [-0.39, 0.29) is 5.91 Å². The highest BCUT2D eigenvalue weighted by Gasteiger charge is 2.36. The van der Waals surface area contributed by atoms with Gasteiger partial charge in [-0.15, -0.1) is 0 Å². The van der Waals surface area contributed by atoms with E-state index in [1.807, 2.05) is 42.5 Å². The Hall–Kier alpha value is -2.73. The van der Waals surface area contributed by atoms with Gasteiger partial charge in [0.2, 0.25) is 0 Å². The lowest BCUT2D eigenvalue weighted by Crippen LogP contribution is -2.32. The van der Waals surface area contributed by atoms with E-state index in [4.69, 9.17) is 17.2 Å². The number of hydrogen-bond acceptors (Lipinski definition) is 3. The molecule has 0 radical (unpaired) electrons. The molecule has 27 heavy (non-hydrogen) atoms. The zero-order valence-electron chi connectivity index (χ0n) is 15.3. The van der Waals surface area contributed by atoms with Gasteiger partial charge in [-0.3, -0.25) is 9.69 Å². The average Bonchev–Trinajstić information content (AvgIpc) is 2.96. The first-order chi connectivity index (χ1) is 13.2. The second-order valence-corrected chi connectivity index (χ2v) is 7.21. The molecule has 0 bridgehead atoms. The maximum absolute atomic E-state index is 12.7. The van der Waals surface area contributed by atoms with Gasteiger partial charge in [0.05, 0.1) is 17.8 Å². The van der Waals surface area contributed by atoms with E-state index in [9.17, 15) is 4.79 Å². The molecule has 4 rings (SSSR count). The van der Waals surface area contributed by atoms with Gasteiger partial charge < -0.3 is 10.6 Å². The first kappa shape index (κ1) is 17.7. The number of carbonyl (C=O) groups excluding carboxylic acids is 1. The third kappa shape index (κ3) is 3.45. The highest BCUT2D eigenvalue weighted by molar-refractivity contribution is 7.80. The third-order valence-electron chi connectivity index (χ3n) is 4.86. The lowest BCUT2D eigenvalue weighted by Gasteiger charge is -2.24. The first-order valence-corrected chi connectivity index (χ1v) is 9.76. The number of hydrogen-bond donors (Lipinski definition) is 2. The standard InChI is InChI=1S/C21H22N4OS/c1-2-3-6-11-22-21(27)23-15-9-10-18-14(12-15)13-25-19(24-18)16-7-4-5-8-17(16)20(25)26/h4-5,7-10,12H,2-3,6,11,13H2,1H3,(H2,22,23,27). The molecule has 0 fully saturated rings. The van der Waals surface area contributed by atoms with Gasteiger partial charge in [0.1, 0.15) is 5.84 Å². The van der Waals surface area contributed by atoms with E-state index in [1.54, 1.807) is 4.90 Å². The SMILES string of the molecule is CCCCCNC(=S)Nc1ccc2c(c1)CN1C(=O)c3ccccc3C1=N2. The van der Waals surface area contributed by atoms with Crippen molar-refractivity contribution in [3.63, 3.8) is 0 Å². The number of amidine groups is 1. The third-order valence-corrected chi connectivity index (χ3v) is 5.10. The molecule has 0 saturated carbocycles. The zero-order chi connectivity index (χ0) is 18.8. The lowest BCUT2D eigenvalue weighted by atomic mass is 10.1. The number of aliphatic imine (C=N–C) groups is 1. The van der Waals surface area contributed by atoms with Gasteiger partial charge in [0, 0.05) is 17.8 Å². The van der Waals surface area contributed by atoms with E-state index < -0.39 is 0 Å². The molecule has 0 saturated heterocycles. The fourth-order valence-electron chi connectivity index (χ4n) is 3.45. The van der Waals surface area contributed by atoms with Crippen LogP contribution in [-0.2, 0) is 6.54 Å². The molecule has 0 spiro atoms. The van der Waals surface area contributed by atoms with Crippen molar-refractivity contribution in [3.8, 4) is 0 Å². The Kier molecular flexibility index (Phi) is 4.90. The van der Waals surface area contributed by atoms with Crippen molar-refractivity contribution >= 4 is 40.4 Å². The second kappa shape index (κ2) is 7.48. The molecule has 5 nitrogen and oxygen atoms in total. The predicted molar refractivity (Wildman–Crippen MR) is 113 cm³/mol. The van der Waals surface area contributed by atoms with Gasteiger partial charge in [0.25, 0.3) is 5.91 Å². The number of unbranched alkanes of at least 4 members (excludes halogenated alkanes) is 2. The van der Waals surface area contributed by atoms with E-state index in [2.05, 4.69) is 17.6 Å². The summed E-state index contributed by atoms with van der Waals surface area (Å²) in [6, 6.07) is 13.6. The largest absolute Gasteiger partial charge is 0.362 e. The van der Waals surface area contributed by atoms with Crippen LogP contribution in [0.2, 0.25) is 0 Å². The number of benzene rings is 2.